The number of carbonyl (C=O) groups excluding carboxylic acids is 1. The molecule has 0 fully saturated rings. The van der Waals surface area contributed by atoms with Gasteiger partial charge in [-0.2, -0.15) is 0 Å². The van der Waals surface area contributed by atoms with Crippen molar-refractivity contribution in [2.45, 2.75) is 12.0 Å². The minimum absolute atomic E-state index is 0.108. The molecule has 0 amide bonds. The molecule has 0 radical (unpaired) electrons. The maximum Gasteiger partial charge on any atom is 0.269 e. The van der Waals surface area contributed by atoms with Crippen molar-refractivity contribution < 1.29 is 14.8 Å². The highest BCUT2D eigenvalue weighted by atomic mass is 35.5. The number of halogens is 1. The molecule has 0 saturated heterocycles. The van der Waals surface area contributed by atoms with E-state index in [1.807, 2.05) is 24.3 Å². The van der Waals surface area contributed by atoms with Gasteiger partial charge in [0.05, 0.1) is 4.92 Å². The van der Waals surface area contributed by atoms with E-state index in [4.69, 9.17) is 11.6 Å². The SMILES string of the molecule is O=C(c1ccc(Cl)cc1)[C@H](O)[C@@H](c1cccc([N+](=O)[O-])c1)c1c[nH]c2ccccc12. The van der Waals surface area contributed by atoms with Crippen LogP contribution in [0.5, 0.6) is 0 Å². The topological polar surface area (TPSA) is 96.2 Å². The predicted molar refractivity (Wildman–Crippen MR) is 115 cm³/mol. The average Bonchev–Trinajstić information content (AvgIpc) is 3.18. The Kier molecular flexibility index (Phi) is 5.35. The number of nitro groups is 1. The molecule has 0 unspecified atom stereocenters. The Hall–Kier alpha value is -3.48. The molecular weight excluding hydrogens is 404 g/mol. The summed E-state index contributed by atoms with van der Waals surface area (Å²) in [7, 11) is 0. The Morgan fingerprint density at radius 2 is 1.77 bits per heavy atom. The molecule has 1 aromatic heterocycles. The molecule has 0 saturated carbocycles. The van der Waals surface area contributed by atoms with Gasteiger partial charge in [-0.3, -0.25) is 14.9 Å². The van der Waals surface area contributed by atoms with Crippen LogP contribution in [0.4, 0.5) is 5.69 Å². The summed E-state index contributed by atoms with van der Waals surface area (Å²) in [5, 5.41) is 23.7. The van der Waals surface area contributed by atoms with E-state index in [2.05, 4.69) is 4.98 Å². The molecule has 7 heteroatoms. The highest BCUT2D eigenvalue weighted by Gasteiger charge is 2.32. The highest BCUT2D eigenvalue weighted by molar-refractivity contribution is 6.30. The number of non-ortho nitro benzene ring substituents is 1. The van der Waals surface area contributed by atoms with Gasteiger partial charge in [0.25, 0.3) is 5.69 Å². The maximum absolute atomic E-state index is 13.1. The van der Waals surface area contributed by atoms with Crippen molar-refractivity contribution in [3.8, 4) is 0 Å². The van der Waals surface area contributed by atoms with Crippen LogP contribution in [0.25, 0.3) is 10.9 Å². The number of nitro benzene ring substituents is 1. The molecule has 0 aliphatic heterocycles. The Morgan fingerprint density at radius 3 is 2.50 bits per heavy atom. The molecule has 6 nitrogen and oxygen atoms in total. The van der Waals surface area contributed by atoms with Crippen molar-refractivity contribution in [2.75, 3.05) is 0 Å². The van der Waals surface area contributed by atoms with Crippen LogP contribution in [0.1, 0.15) is 27.4 Å². The first-order chi connectivity index (χ1) is 14.5. The molecule has 3 aromatic carbocycles. The van der Waals surface area contributed by atoms with E-state index in [0.717, 1.165) is 10.9 Å². The minimum atomic E-state index is -1.45. The summed E-state index contributed by atoms with van der Waals surface area (Å²) >= 11 is 5.91. The Bertz CT molecular complexity index is 1230. The average molecular weight is 421 g/mol. The van der Waals surface area contributed by atoms with Gasteiger partial charge in [0.2, 0.25) is 0 Å². The lowest BCUT2D eigenvalue weighted by Crippen LogP contribution is -2.29. The van der Waals surface area contributed by atoms with E-state index in [9.17, 15) is 20.0 Å². The largest absolute Gasteiger partial charge is 0.384 e. The number of aromatic amines is 1. The van der Waals surface area contributed by atoms with E-state index in [1.165, 1.54) is 12.1 Å². The van der Waals surface area contributed by atoms with Crippen molar-refractivity contribution in [3.05, 3.63) is 111 Å². The fourth-order valence-electron chi connectivity index (χ4n) is 3.65. The summed E-state index contributed by atoms with van der Waals surface area (Å²) in [5.74, 6) is -1.29. The maximum atomic E-state index is 13.1. The van der Waals surface area contributed by atoms with Crippen LogP contribution in [0.15, 0.2) is 79.0 Å². The molecule has 0 bridgehead atoms. The first-order valence-electron chi connectivity index (χ1n) is 9.24. The van der Waals surface area contributed by atoms with Gasteiger partial charge >= 0.3 is 0 Å². The molecule has 150 valence electrons. The third kappa shape index (κ3) is 3.70. The smallest absolute Gasteiger partial charge is 0.269 e. The zero-order valence-corrected chi connectivity index (χ0v) is 16.4. The number of rotatable bonds is 6. The second kappa shape index (κ2) is 8.10. The second-order valence-electron chi connectivity index (χ2n) is 6.94. The summed E-state index contributed by atoms with van der Waals surface area (Å²) < 4.78 is 0. The second-order valence-corrected chi connectivity index (χ2v) is 7.37. The fourth-order valence-corrected chi connectivity index (χ4v) is 3.78. The Morgan fingerprint density at radius 1 is 1.03 bits per heavy atom. The lowest BCUT2D eigenvalue weighted by molar-refractivity contribution is -0.384. The molecule has 0 spiro atoms. The molecule has 2 atom stereocenters. The number of H-pyrrole nitrogens is 1. The monoisotopic (exact) mass is 420 g/mol. The van der Waals surface area contributed by atoms with Crippen LogP contribution < -0.4 is 0 Å². The molecule has 0 aliphatic rings. The lowest BCUT2D eigenvalue weighted by atomic mass is 9.83. The van der Waals surface area contributed by atoms with E-state index < -0.39 is 22.7 Å². The van der Waals surface area contributed by atoms with Crippen molar-refractivity contribution in [3.63, 3.8) is 0 Å². The number of fused-ring (bicyclic) bond motifs is 1. The van der Waals surface area contributed by atoms with Gasteiger partial charge in [0.15, 0.2) is 5.78 Å². The standard InChI is InChI=1S/C23H17ClN2O4/c24-16-10-8-14(9-11-16)22(27)23(28)21(15-4-3-5-17(12-15)26(29)30)19-13-25-20-7-2-1-6-18(19)20/h1-13,21,23,25,28H/t21-,23+/m0/s1. The molecule has 4 rings (SSSR count). The molecule has 0 aliphatic carbocycles. The number of Topliss-reactive ketones (excluding diaryl/α,β-unsaturated/α-hetero) is 1. The fraction of sp³-hybridized carbons (Fsp3) is 0.0870. The molecule has 30 heavy (non-hydrogen) atoms. The van der Waals surface area contributed by atoms with Crippen LogP contribution in [0, 0.1) is 10.1 Å². The quantitative estimate of drug-likeness (QED) is 0.257. The molecule has 2 N–H and O–H groups in total. The molecule has 4 aromatic rings. The van der Waals surface area contributed by atoms with Gasteiger partial charge in [0.1, 0.15) is 6.10 Å². The minimum Gasteiger partial charge on any atom is -0.384 e. The highest BCUT2D eigenvalue weighted by Crippen LogP contribution is 2.36. The van der Waals surface area contributed by atoms with Crippen LogP contribution >= 0.6 is 11.6 Å². The van der Waals surface area contributed by atoms with Gasteiger partial charge in [0, 0.05) is 45.7 Å². The Labute approximate surface area is 176 Å². The van der Waals surface area contributed by atoms with Gasteiger partial charge in [-0.1, -0.05) is 41.9 Å². The van der Waals surface area contributed by atoms with Crippen LogP contribution in [0.2, 0.25) is 5.02 Å². The first kappa shape index (κ1) is 19.8. The third-order valence-electron chi connectivity index (χ3n) is 5.11. The lowest BCUT2D eigenvalue weighted by Gasteiger charge is -2.22. The first-order valence-corrected chi connectivity index (χ1v) is 9.61. The van der Waals surface area contributed by atoms with E-state index >= 15 is 0 Å². The van der Waals surface area contributed by atoms with Crippen molar-refractivity contribution in [1.29, 1.82) is 0 Å². The number of aliphatic hydroxyl groups is 1. The normalized spacial score (nSPS) is 13.1. The van der Waals surface area contributed by atoms with Gasteiger partial charge in [-0.05, 0) is 41.5 Å². The third-order valence-corrected chi connectivity index (χ3v) is 5.36. The zero-order valence-electron chi connectivity index (χ0n) is 15.7. The zero-order chi connectivity index (χ0) is 21.3. The Balaban J connectivity index is 1.85. The number of nitrogens with one attached hydrogen (secondary N) is 1. The number of aliphatic hydroxyl groups excluding tert-OH is 1. The van der Waals surface area contributed by atoms with Crippen molar-refractivity contribution in [2.24, 2.45) is 0 Å². The van der Waals surface area contributed by atoms with Crippen LogP contribution in [-0.2, 0) is 0 Å². The number of hydrogen-bond donors (Lipinski definition) is 2. The number of aromatic nitrogens is 1. The van der Waals surface area contributed by atoms with E-state index in [-0.39, 0.29) is 5.69 Å². The number of nitrogens with zero attached hydrogens (tertiary/aromatic N) is 1. The van der Waals surface area contributed by atoms with Gasteiger partial charge < -0.3 is 10.1 Å². The summed E-state index contributed by atoms with van der Waals surface area (Å²) in [6, 6.07) is 19.8. The predicted octanol–water partition coefficient (Wildman–Crippen LogP) is 5.11. The number of carbonyl (C=O) groups is 1. The number of ketones is 1. The van der Waals surface area contributed by atoms with Crippen LogP contribution in [0.3, 0.4) is 0 Å². The molecule has 1 heterocycles. The van der Waals surface area contributed by atoms with Crippen molar-refractivity contribution in [1.82, 2.24) is 4.98 Å². The van der Waals surface area contributed by atoms with E-state index in [1.54, 1.807) is 42.6 Å². The molecular formula is C23H17ClN2O4. The van der Waals surface area contributed by atoms with Crippen molar-refractivity contribution >= 4 is 34.0 Å². The summed E-state index contributed by atoms with van der Waals surface area (Å²) in [5.41, 5.74) is 2.20. The number of para-hydroxylation sites is 1. The van der Waals surface area contributed by atoms with Gasteiger partial charge in [-0.15, -0.1) is 0 Å². The van der Waals surface area contributed by atoms with Gasteiger partial charge in [-0.25, -0.2) is 0 Å². The number of hydrogen-bond acceptors (Lipinski definition) is 4. The summed E-state index contributed by atoms with van der Waals surface area (Å²) in [4.78, 5) is 27.0. The van der Waals surface area contributed by atoms with E-state index in [0.29, 0.717) is 21.7 Å². The summed E-state index contributed by atoms with van der Waals surface area (Å²) in [6.07, 6.45) is 0.277. The number of benzene rings is 3. The van der Waals surface area contributed by atoms with Crippen LogP contribution in [-0.4, -0.2) is 26.9 Å². The summed E-state index contributed by atoms with van der Waals surface area (Å²) in [6.45, 7) is 0.